The first-order valence-electron chi connectivity index (χ1n) is 28.8. The summed E-state index contributed by atoms with van der Waals surface area (Å²) in [7, 11) is 0. The average Bonchev–Trinajstić information content (AvgIpc) is 1.80. The number of rotatable bonds is 35. The maximum absolute atomic E-state index is 14.1. The number of fused-ring (bicyclic) bond motifs is 1. The minimum Gasteiger partial charge on any atom is -0.481 e. The van der Waals surface area contributed by atoms with Crippen LogP contribution in [0.2, 0.25) is 0 Å². The largest absolute Gasteiger partial charge is 0.481 e. The lowest BCUT2D eigenvalue weighted by Gasteiger charge is -2.33. The van der Waals surface area contributed by atoms with E-state index in [9.17, 15) is 83.1 Å². The normalized spacial score (nSPS) is 15.1. The lowest BCUT2D eigenvalue weighted by atomic mass is 10.0. The lowest BCUT2D eigenvalue weighted by molar-refractivity contribution is -0.141. The summed E-state index contributed by atoms with van der Waals surface area (Å²) in [5.74, 6) is -10.6. The number of carbonyl (C=O) groups excluding carboxylic acids is 6. The zero-order valence-corrected chi connectivity index (χ0v) is 52.0. The number of hydrogen-bond donors (Lipinski definition) is 13. The Labute approximate surface area is 533 Å². The van der Waals surface area contributed by atoms with Crippen LogP contribution in [0.1, 0.15) is 83.5 Å². The molecule has 13 N–H and O–H groups in total. The molecule has 2 aromatic heterocycles. The molecule has 7 amide bonds. The molecule has 31 nitrogen and oxygen atoms in total. The summed E-state index contributed by atoms with van der Waals surface area (Å²) in [4.78, 5) is 157. The molecular weight excluding hydrogens is 1320 g/mol. The number of benzene rings is 2. The van der Waals surface area contributed by atoms with E-state index in [0.29, 0.717) is 18.4 Å². The molecule has 0 aliphatic carbocycles. The number of nitrogens with zero attached hydrogens (tertiary/aromatic N) is 5. The number of aromatic nitrogens is 1. The first-order valence-corrected chi connectivity index (χ1v) is 30.8. The van der Waals surface area contributed by atoms with Crippen LogP contribution in [0, 0.1) is 3.57 Å². The third kappa shape index (κ3) is 26.4. The minimum absolute atomic E-state index is 0.000821. The third-order valence-corrected chi connectivity index (χ3v) is 16.0. The molecule has 0 radical (unpaired) electrons. The van der Waals surface area contributed by atoms with Gasteiger partial charge in [0.15, 0.2) is 11.5 Å². The number of aliphatic carboxylic acids is 6. The van der Waals surface area contributed by atoms with E-state index in [4.69, 9.17) is 9.63 Å². The van der Waals surface area contributed by atoms with E-state index in [2.05, 4.69) is 65.0 Å². The Morgan fingerprint density at radius 1 is 0.544 bits per heavy atom. The Balaban J connectivity index is 1.24. The number of unbranched alkanes of at least 4 members (excludes halogenated alkanes) is 2. The average molecular weight is 1390 g/mol. The first-order chi connectivity index (χ1) is 42.9. The van der Waals surface area contributed by atoms with Crippen LogP contribution in [-0.2, 0) is 56.1 Å². The molecule has 33 heteroatoms. The number of urea groups is 1. The highest BCUT2D eigenvalue weighted by Gasteiger charge is 2.29. The van der Waals surface area contributed by atoms with Crippen LogP contribution < -0.4 is 37.2 Å². The highest BCUT2D eigenvalue weighted by Crippen LogP contribution is 2.27. The fourth-order valence-electron chi connectivity index (χ4n) is 9.48. The van der Waals surface area contributed by atoms with Crippen molar-refractivity contribution in [3.63, 3.8) is 0 Å². The Hall–Kier alpha value is -8.38. The summed E-state index contributed by atoms with van der Waals surface area (Å²) in [5.41, 5.74) is 0.937. The van der Waals surface area contributed by atoms with Crippen LogP contribution in [0.25, 0.3) is 10.1 Å². The van der Waals surface area contributed by atoms with E-state index in [1.54, 1.807) is 43.9 Å². The van der Waals surface area contributed by atoms with Crippen LogP contribution in [0.3, 0.4) is 0 Å². The quantitative estimate of drug-likeness (QED) is 0.0219. The number of hydrogen-bond acceptors (Lipinski definition) is 19. The number of carbonyl (C=O) groups is 12. The number of carboxylic acid groups (broad SMARTS) is 6. The van der Waals surface area contributed by atoms with Crippen LogP contribution in [0.4, 0.5) is 4.79 Å². The van der Waals surface area contributed by atoms with Crippen LogP contribution >= 0.6 is 33.9 Å². The van der Waals surface area contributed by atoms with Gasteiger partial charge in [-0.2, -0.15) is 0 Å². The second-order valence-corrected chi connectivity index (χ2v) is 23.3. The lowest BCUT2D eigenvalue weighted by Crippen LogP contribution is -2.52. The van der Waals surface area contributed by atoms with E-state index in [1.165, 1.54) is 17.4 Å². The van der Waals surface area contributed by atoms with Gasteiger partial charge >= 0.3 is 41.8 Å². The maximum atomic E-state index is 14.1. The molecule has 4 atom stereocenters. The van der Waals surface area contributed by atoms with Gasteiger partial charge in [0.25, 0.3) is 11.8 Å². The van der Waals surface area contributed by atoms with Gasteiger partial charge in [-0.25, -0.2) is 14.4 Å². The fraction of sp³-hybridized carbons (Fsp3) is 0.491. The standard InChI is InChI=1S/C57H75IN12O19S/c58-37-13-11-35(12-14-37)51(80)59-17-5-3-8-40(62-46(71)30-67-19-21-68(31-48(74)75)23-25-70(33-50(78)79)26-24-69(22-20-67)32-49(76)77)52(81)61-29-38-28-44(66-89-38)54(83)63-43(27-36-34-90-45-10-2-1-7-39(36)45)53(82)60-18-6-4-9-41(55(84)85)64-57(88)65-42(56(86)87)15-16-47(72)73/h1-2,7,10-14,28,34,40-43H,3-6,8-9,15-27,29-33H2,(H,59,80)(H,60,82)(H,61,81)(H,62,71)(H,63,83)(H,72,73)(H,74,75)(H,76,77)(H,78,79)(H,84,85)(H,86,87)(H2,64,65,88)/t40-,41-,42-,43-/m0/s1. The van der Waals surface area contributed by atoms with Crippen molar-refractivity contribution in [2.24, 2.45) is 0 Å². The van der Waals surface area contributed by atoms with Crippen molar-refractivity contribution in [3.05, 3.63) is 86.1 Å². The summed E-state index contributed by atoms with van der Waals surface area (Å²) in [6.07, 6.45) is 0.0646. The molecule has 1 aliphatic rings. The number of carboxylic acids is 6. The summed E-state index contributed by atoms with van der Waals surface area (Å²) >= 11 is 3.56. The van der Waals surface area contributed by atoms with Crippen molar-refractivity contribution < 1.29 is 92.7 Å². The van der Waals surface area contributed by atoms with E-state index >= 15 is 0 Å². The molecular formula is C57H75IN12O19S. The highest BCUT2D eigenvalue weighted by atomic mass is 127. The third-order valence-electron chi connectivity index (χ3n) is 14.2. The van der Waals surface area contributed by atoms with E-state index in [0.717, 1.165) is 19.2 Å². The number of amides is 7. The van der Waals surface area contributed by atoms with E-state index in [-0.39, 0.29) is 148 Å². The minimum atomic E-state index is -1.59. The van der Waals surface area contributed by atoms with Crippen molar-refractivity contribution in [1.82, 2.24) is 62.0 Å². The highest BCUT2D eigenvalue weighted by molar-refractivity contribution is 14.1. The van der Waals surface area contributed by atoms with Crippen LogP contribution in [0.15, 0.2) is 64.5 Å². The Morgan fingerprint density at radius 2 is 1.06 bits per heavy atom. The number of halogens is 1. The molecule has 0 unspecified atom stereocenters. The van der Waals surface area contributed by atoms with Crippen molar-refractivity contribution in [2.45, 2.75) is 88.5 Å². The van der Waals surface area contributed by atoms with Gasteiger partial charge in [-0.15, -0.1) is 11.3 Å². The molecule has 5 rings (SSSR count). The van der Waals surface area contributed by atoms with Crippen molar-refractivity contribution in [2.75, 3.05) is 91.6 Å². The van der Waals surface area contributed by atoms with Gasteiger partial charge in [0.05, 0.1) is 32.7 Å². The van der Waals surface area contributed by atoms with Crippen molar-refractivity contribution in [1.29, 1.82) is 0 Å². The topological polar surface area (TPSA) is 449 Å². The van der Waals surface area contributed by atoms with Crippen LogP contribution in [-0.4, -0.2) is 243 Å². The van der Waals surface area contributed by atoms with Crippen molar-refractivity contribution >= 4 is 115 Å². The van der Waals surface area contributed by atoms with Gasteiger partial charge in [0.1, 0.15) is 24.2 Å². The number of thiophene rings is 1. The van der Waals surface area contributed by atoms with E-state index < -0.39 is 102 Å². The zero-order chi connectivity index (χ0) is 65.7. The second kappa shape index (κ2) is 37.6. The zero-order valence-electron chi connectivity index (χ0n) is 49.1. The first kappa shape index (κ1) is 72.4. The molecule has 1 aliphatic heterocycles. The number of nitrogens with one attached hydrogen (secondary N) is 7. The van der Waals surface area contributed by atoms with Crippen LogP contribution in [0.5, 0.6) is 0 Å². The molecule has 0 bridgehead atoms. The Morgan fingerprint density at radius 3 is 1.60 bits per heavy atom. The molecule has 1 fully saturated rings. The monoisotopic (exact) mass is 1390 g/mol. The Kier molecular flexibility index (Phi) is 30.2. The molecule has 2 aromatic carbocycles. The predicted octanol–water partition coefficient (Wildman–Crippen LogP) is 0.369. The summed E-state index contributed by atoms with van der Waals surface area (Å²) in [6, 6.07) is 9.10. The van der Waals surface area contributed by atoms with E-state index in [1.807, 2.05) is 29.6 Å². The molecule has 3 heterocycles. The SMILES string of the molecule is O=C(O)CC[C@H](NC(=O)N[C@@H](CCCCNC(=O)[C@H](Cc1csc2ccccc12)NC(=O)c1cc(CNC(=O)[C@H](CCCCNC(=O)c2ccc(I)cc2)NC(=O)CN2CCN(CC(=O)O)CCN(CC(=O)O)CCN(CC(=O)O)CC2)on1)C(=O)O)C(=O)O. The summed E-state index contributed by atoms with van der Waals surface area (Å²) < 4.78 is 7.31. The summed E-state index contributed by atoms with van der Waals surface area (Å²) in [6.45, 7) is -0.266. The predicted molar refractivity (Wildman–Crippen MR) is 329 cm³/mol. The molecule has 4 aromatic rings. The molecule has 1 saturated heterocycles. The molecule has 490 valence electrons. The molecule has 90 heavy (non-hydrogen) atoms. The van der Waals surface area contributed by atoms with Gasteiger partial charge in [-0.05, 0) is 114 Å². The van der Waals surface area contributed by atoms with Gasteiger partial charge < -0.3 is 72.4 Å². The molecule has 0 spiro atoms. The summed E-state index contributed by atoms with van der Waals surface area (Å²) in [5, 5.41) is 81.5. The Bertz CT molecular complexity index is 3100. The fourth-order valence-corrected chi connectivity index (χ4v) is 10.8. The van der Waals surface area contributed by atoms with Gasteiger partial charge in [-0.1, -0.05) is 23.4 Å². The van der Waals surface area contributed by atoms with Gasteiger partial charge in [0.2, 0.25) is 17.7 Å². The van der Waals surface area contributed by atoms with Crippen molar-refractivity contribution in [3.8, 4) is 0 Å². The smallest absolute Gasteiger partial charge is 0.326 e. The maximum Gasteiger partial charge on any atom is 0.326 e. The van der Waals surface area contributed by atoms with Gasteiger partial charge in [0, 0.05) is 98.2 Å². The molecule has 0 saturated carbocycles. The van der Waals surface area contributed by atoms with Gasteiger partial charge in [-0.3, -0.25) is 62.8 Å². The second-order valence-electron chi connectivity index (χ2n) is 21.2.